The first-order valence-corrected chi connectivity index (χ1v) is 13.1. The molecule has 1 unspecified atom stereocenters. The Morgan fingerprint density at radius 2 is 2.03 bits per heavy atom. The molecule has 0 bridgehead atoms. The Kier molecular flexibility index (Phi) is 9.46. The Labute approximate surface area is 228 Å². The van der Waals surface area contributed by atoms with Crippen molar-refractivity contribution in [3.05, 3.63) is 64.8 Å². The molecule has 0 saturated carbocycles. The number of halogens is 1. The second-order valence-electron chi connectivity index (χ2n) is 9.66. The molecule has 1 fully saturated rings. The molecule has 8 heteroatoms. The number of carboxylic acid groups (broad SMARTS) is 1. The van der Waals surface area contributed by atoms with Crippen LogP contribution in [0.2, 0.25) is 5.02 Å². The van der Waals surface area contributed by atoms with E-state index >= 15 is 0 Å². The number of hydrogen-bond acceptors (Lipinski definition) is 6. The molecule has 2 N–H and O–H groups in total. The van der Waals surface area contributed by atoms with E-state index < -0.39 is 12.1 Å². The Morgan fingerprint density at radius 1 is 1.18 bits per heavy atom. The van der Waals surface area contributed by atoms with Gasteiger partial charge in [0.15, 0.2) is 0 Å². The molecule has 2 aromatic carbocycles. The van der Waals surface area contributed by atoms with Gasteiger partial charge in [-0.2, -0.15) is 0 Å². The van der Waals surface area contributed by atoms with Crippen LogP contribution in [0.4, 0.5) is 0 Å². The number of methoxy groups -OCH3 is 2. The third kappa shape index (κ3) is 6.96. The monoisotopic (exact) mass is 536 g/mol. The van der Waals surface area contributed by atoms with Crippen molar-refractivity contribution >= 4 is 28.5 Å². The molecular formula is C30H33ClN2O5. The highest BCUT2D eigenvalue weighted by Crippen LogP contribution is 2.34. The van der Waals surface area contributed by atoms with E-state index in [9.17, 15) is 15.0 Å². The lowest BCUT2D eigenvalue weighted by Crippen LogP contribution is -2.41. The van der Waals surface area contributed by atoms with Gasteiger partial charge in [-0.3, -0.25) is 14.7 Å². The van der Waals surface area contributed by atoms with E-state index in [0.29, 0.717) is 36.0 Å². The Bertz CT molecular complexity index is 1340. The number of aliphatic hydroxyl groups excluding tert-OH is 1. The van der Waals surface area contributed by atoms with Crippen LogP contribution in [0.25, 0.3) is 10.9 Å². The smallest absolute Gasteiger partial charge is 0.303 e. The van der Waals surface area contributed by atoms with E-state index in [-0.39, 0.29) is 18.3 Å². The van der Waals surface area contributed by atoms with Crippen molar-refractivity contribution in [1.29, 1.82) is 0 Å². The predicted molar refractivity (Wildman–Crippen MR) is 148 cm³/mol. The fourth-order valence-corrected chi connectivity index (χ4v) is 5.42. The number of hydrogen-bond donors (Lipinski definition) is 2. The summed E-state index contributed by atoms with van der Waals surface area (Å²) in [6.45, 7) is 2.02. The Morgan fingerprint density at radius 3 is 2.79 bits per heavy atom. The molecule has 1 aliphatic rings. The summed E-state index contributed by atoms with van der Waals surface area (Å²) in [5.74, 6) is 7.11. The molecule has 7 nitrogen and oxygen atoms in total. The summed E-state index contributed by atoms with van der Waals surface area (Å²) in [5.41, 5.74) is 2.34. The number of aromatic nitrogens is 1. The number of likely N-dealkylation sites (tertiary alicyclic amines) is 1. The van der Waals surface area contributed by atoms with Gasteiger partial charge in [0.2, 0.25) is 0 Å². The highest BCUT2D eigenvalue weighted by Gasteiger charge is 2.31. The maximum Gasteiger partial charge on any atom is 0.303 e. The number of aliphatic carboxylic acids is 1. The zero-order valence-electron chi connectivity index (χ0n) is 21.7. The van der Waals surface area contributed by atoms with Crippen LogP contribution < -0.4 is 9.47 Å². The van der Waals surface area contributed by atoms with Gasteiger partial charge in [-0.05, 0) is 85.7 Å². The summed E-state index contributed by atoms with van der Waals surface area (Å²) in [4.78, 5) is 18.2. The van der Waals surface area contributed by atoms with E-state index in [0.717, 1.165) is 41.4 Å². The summed E-state index contributed by atoms with van der Waals surface area (Å²) in [6, 6.07) is 12.8. The molecule has 38 heavy (non-hydrogen) atoms. The van der Waals surface area contributed by atoms with Crippen LogP contribution >= 0.6 is 11.6 Å². The first kappa shape index (κ1) is 27.7. The van der Waals surface area contributed by atoms with Crippen molar-refractivity contribution in [2.45, 2.75) is 31.8 Å². The fourth-order valence-electron chi connectivity index (χ4n) is 5.25. The summed E-state index contributed by atoms with van der Waals surface area (Å²) >= 11 is 6.10. The number of ether oxygens (including phenoxy) is 2. The van der Waals surface area contributed by atoms with Crippen LogP contribution in [0.5, 0.6) is 11.5 Å². The van der Waals surface area contributed by atoms with Gasteiger partial charge < -0.3 is 19.7 Å². The largest absolute Gasteiger partial charge is 0.497 e. The van der Waals surface area contributed by atoms with E-state index in [1.54, 1.807) is 38.6 Å². The van der Waals surface area contributed by atoms with E-state index in [4.69, 9.17) is 21.1 Å². The minimum atomic E-state index is -0.802. The number of nitrogens with zero attached hydrogens (tertiary/aromatic N) is 2. The normalized spacial score (nSPS) is 18.4. The minimum Gasteiger partial charge on any atom is -0.497 e. The van der Waals surface area contributed by atoms with Gasteiger partial charge in [-0.1, -0.05) is 23.4 Å². The third-order valence-electron chi connectivity index (χ3n) is 7.25. The molecule has 0 spiro atoms. The van der Waals surface area contributed by atoms with Crippen LogP contribution in [0.3, 0.4) is 0 Å². The fraction of sp³-hybridized carbons (Fsp3) is 0.400. The molecule has 1 aliphatic heterocycles. The van der Waals surface area contributed by atoms with E-state index in [2.05, 4.69) is 21.7 Å². The van der Waals surface area contributed by atoms with Crippen molar-refractivity contribution in [2.75, 3.05) is 33.9 Å². The van der Waals surface area contributed by atoms with Crippen LogP contribution in [-0.2, 0) is 4.79 Å². The molecule has 0 aliphatic carbocycles. The molecule has 3 aromatic rings. The zero-order valence-corrected chi connectivity index (χ0v) is 22.4. The minimum absolute atomic E-state index is 0.00904. The average Bonchev–Trinajstić information content (AvgIpc) is 2.91. The predicted octanol–water partition coefficient (Wildman–Crippen LogP) is 5.18. The van der Waals surface area contributed by atoms with E-state index in [1.165, 1.54) is 0 Å². The van der Waals surface area contributed by atoms with Gasteiger partial charge in [0.1, 0.15) is 11.5 Å². The number of benzene rings is 2. The summed E-state index contributed by atoms with van der Waals surface area (Å²) in [7, 11) is 3.21. The molecule has 1 saturated heterocycles. The van der Waals surface area contributed by atoms with Crippen molar-refractivity contribution in [2.24, 2.45) is 11.8 Å². The SMILES string of the molecule is COc1ccc2nccc(C(O)CC[C@@H]3CCN(CC#Cc4cc(Cl)ccc4OC)C[C@@H]3CC(=O)O)c2c1. The number of fused-ring (bicyclic) bond motifs is 1. The molecule has 1 aromatic heterocycles. The Balaban J connectivity index is 1.40. The third-order valence-corrected chi connectivity index (χ3v) is 7.49. The van der Waals surface area contributed by atoms with Gasteiger partial charge in [0.05, 0.1) is 37.9 Å². The lowest BCUT2D eigenvalue weighted by Gasteiger charge is -2.37. The van der Waals surface area contributed by atoms with Crippen molar-refractivity contribution in [1.82, 2.24) is 9.88 Å². The number of piperidine rings is 1. The standard InChI is InChI=1S/C30H33ClN2O5/c1-37-24-7-8-27-26(18-24)25(11-13-32-27)28(34)9-5-20-12-15-33(19-22(20)17-30(35)36)14-3-4-21-16-23(31)6-10-29(21)38-2/h6-8,10-11,13,16,18,20,22,28,34H,5,9,12,14-15,17,19H2,1-2H3,(H,35,36)/t20-,22+,28?/m1/s1. The lowest BCUT2D eigenvalue weighted by atomic mass is 9.79. The zero-order chi connectivity index (χ0) is 27.1. The second kappa shape index (κ2) is 13.0. The quantitative estimate of drug-likeness (QED) is 0.364. The molecule has 4 rings (SSSR count). The average molecular weight is 537 g/mol. The summed E-state index contributed by atoms with van der Waals surface area (Å²) < 4.78 is 10.7. The number of carboxylic acids is 1. The van der Waals surface area contributed by atoms with Gasteiger partial charge in [-0.15, -0.1) is 0 Å². The number of aliphatic hydroxyl groups is 1. The molecule has 2 heterocycles. The highest BCUT2D eigenvalue weighted by molar-refractivity contribution is 6.30. The van der Waals surface area contributed by atoms with Gasteiger partial charge in [-0.25, -0.2) is 0 Å². The van der Waals surface area contributed by atoms with Crippen LogP contribution in [0.15, 0.2) is 48.7 Å². The number of carbonyl (C=O) groups is 1. The first-order valence-electron chi connectivity index (χ1n) is 12.7. The second-order valence-corrected chi connectivity index (χ2v) is 10.1. The summed E-state index contributed by atoms with van der Waals surface area (Å²) in [5, 5.41) is 22.1. The van der Waals surface area contributed by atoms with Crippen LogP contribution in [0, 0.1) is 23.7 Å². The summed E-state index contributed by atoms with van der Waals surface area (Å²) in [6.07, 6.45) is 3.28. The van der Waals surface area contributed by atoms with Crippen LogP contribution in [0.1, 0.15) is 42.9 Å². The van der Waals surface area contributed by atoms with Gasteiger partial charge in [0.25, 0.3) is 0 Å². The lowest BCUT2D eigenvalue weighted by molar-refractivity contribution is -0.139. The molecule has 200 valence electrons. The van der Waals surface area contributed by atoms with Crippen molar-refractivity contribution < 1.29 is 24.5 Å². The van der Waals surface area contributed by atoms with E-state index in [1.807, 2.05) is 24.3 Å². The number of pyridine rings is 1. The Hall–Kier alpha value is -3.31. The van der Waals surface area contributed by atoms with Crippen LogP contribution in [-0.4, -0.2) is 59.9 Å². The first-order chi connectivity index (χ1) is 18.4. The van der Waals surface area contributed by atoms with Gasteiger partial charge in [0, 0.05) is 29.6 Å². The van der Waals surface area contributed by atoms with Crippen molar-refractivity contribution in [3.8, 4) is 23.3 Å². The topological polar surface area (TPSA) is 92.1 Å². The molecule has 3 atom stereocenters. The number of rotatable bonds is 9. The van der Waals surface area contributed by atoms with Crippen molar-refractivity contribution in [3.63, 3.8) is 0 Å². The van der Waals surface area contributed by atoms with Gasteiger partial charge >= 0.3 is 5.97 Å². The maximum absolute atomic E-state index is 11.6. The maximum atomic E-state index is 11.6. The molecule has 0 amide bonds. The molecular weight excluding hydrogens is 504 g/mol. The highest BCUT2D eigenvalue weighted by atomic mass is 35.5. The molecule has 0 radical (unpaired) electrons.